The Labute approximate surface area is 236 Å². The van der Waals surface area contributed by atoms with Gasteiger partial charge in [0, 0.05) is 71.9 Å². The van der Waals surface area contributed by atoms with Gasteiger partial charge in [0.25, 0.3) is 5.91 Å². The highest BCUT2D eigenvalue weighted by atomic mass is 35.5. The van der Waals surface area contributed by atoms with E-state index in [0.29, 0.717) is 36.7 Å². The fourth-order valence-electron chi connectivity index (χ4n) is 5.07. The molecule has 0 bridgehead atoms. The molecule has 0 spiro atoms. The molecule has 0 aliphatic carbocycles. The van der Waals surface area contributed by atoms with Crippen LogP contribution in [0.5, 0.6) is 5.75 Å². The van der Waals surface area contributed by atoms with Crippen LogP contribution in [0, 0.1) is 0 Å². The van der Waals surface area contributed by atoms with E-state index in [4.69, 9.17) is 16.3 Å². The van der Waals surface area contributed by atoms with Gasteiger partial charge in [-0.05, 0) is 42.8 Å². The van der Waals surface area contributed by atoms with Crippen molar-refractivity contribution >= 4 is 49.1 Å². The second kappa shape index (κ2) is 10.9. The van der Waals surface area contributed by atoms with E-state index >= 15 is 0 Å². The van der Waals surface area contributed by atoms with Gasteiger partial charge in [-0.15, -0.1) is 11.3 Å². The fourth-order valence-corrected chi connectivity index (χ4v) is 7.50. The molecule has 11 heteroatoms. The van der Waals surface area contributed by atoms with Gasteiger partial charge in [-0.2, -0.15) is 0 Å². The maximum atomic E-state index is 13.2. The first-order valence-electron chi connectivity index (χ1n) is 12.8. The number of fused-ring (bicyclic) bond motifs is 2. The number of piperazine rings is 1. The average Bonchev–Trinajstić information content (AvgIpc) is 3.57. The molecule has 4 aromatic rings. The second-order valence-corrected chi connectivity index (χ2v) is 12.9. The zero-order valence-corrected chi connectivity index (χ0v) is 23.4. The number of aromatic nitrogens is 1. The molecule has 6 rings (SSSR count). The molecule has 0 saturated carbocycles. The smallest absolute Gasteiger partial charge is 0.264 e. The highest BCUT2D eigenvalue weighted by Gasteiger charge is 2.35. The SMILES string of the molecule is O=C(C1Cc2cc(Cl)cc(-c3ccnc4cc(CCNS(=O)(=O)c5ccccc5)sc34)c2O1)N1CCNCC1. The van der Waals surface area contributed by atoms with Crippen molar-refractivity contribution in [1.29, 1.82) is 0 Å². The molecule has 2 aliphatic heterocycles. The number of halogens is 1. The summed E-state index contributed by atoms with van der Waals surface area (Å²) in [5.41, 5.74) is 3.50. The van der Waals surface area contributed by atoms with Crippen molar-refractivity contribution in [2.45, 2.75) is 23.8 Å². The van der Waals surface area contributed by atoms with Gasteiger partial charge < -0.3 is 15.0 Å². The Morgan fingerprint density at radius 2 is 1.92 bits per heavy atom. The van der Waals surface area contributed by atoms with E-state index in [1.807, 2.05) is 29.2 Å². The van der Waals surface area contributed by atoms with Crippen LogP contribution in [0.25, 0.3) is 21.3 Å². The zero-order chi connectivity index (χ0) is 27.0. The molecule has 2 N–H and O–H groups in total. The number of ether oxygens (including phenoxy) is 1. The highest BCUT2D eigenvalue weighted by Crippen LogP contribution is 2.44. The van der Waals surface area contributed by atoms with Crippen molar-refractivity contribution in [1.82, 2.24) is 19.9 Å². The first kappa shape index (κ1) is 26.2. The van der Waals surface area contributed by atoms with E-state index in [1.165, 1.54) is 0 Å². The summed E-state index contributed by atoms with van der Waals surface area (Å²) in [4.78, 5) is 20.8. The van der Waals surface area contributed by atoms with Crippen LogP contribution in [0.2, 0.25) is 5.02 Å². The summed E-state index contributed by atoms with van der Waals surface area (Å²) < 4.78 is 35.1. The lowest BCUT2D eigenvalue weighted by Crippen LogP contribution is -2.50. The molecule has 2 aromatic carbocycles. The van der Waals surface area contributed by atoms with Crippen molar-refractivity contribution in [2.75, 3.05) is 32.7 Å². The molecular weight excluding hydrogens is 556 g/mol. The molecule has 1 saturated heterocycles. The van der Waals surface area contributed by atoms with E-state index in [0.717, 1.165) is 44.9 Å². The molecule has 4 heterocycles. The van der Waals surface area contributed by atoms with Gasteiger partial charge in [-0.25, -0.2) is 13.1 Å². The Morgan fingerprint density at radius 1 is 1.13 bits per heavy atom. The molecule has 39 heavy (non-hydrogen) atoms. The van der Waals surface area contributed by atoms with Gasteiger partial charge in [-0.3, -0.25) is 9.78 Å². The van der Waals surface area contributed by atoms with E-state index in [2.05, 4.69) is 15.0 Å². The first-order valence-corrected chi connectivity index (χ1v) is 15.5. The zero-order valence-electron chi connectivity index (χ0n) is 21.0. The minimum atomic E-state index is -3.57. The molecule has 8 nitrogen and oxygen atoms in total. The maximum absolute atomic E-state index is 13.2. The van der Waals surface area contributed by atoms with Crippen LogP contribution in [0.15, 0.2) is 65.7 Å². The molecule has 2 aliphatic rings. The summed E-state index contributed by atoms with van der Waals surface area (Å²) in [6.45, 7) is 3.18. The molecule has 202 valence electrons. The summed E-state index contributed by atoms with van der Waals surface area (Å²) in [6, 6.07) is 16.0. The van der Waals surface area contributed by atoms with Crippen LogP contribution in [0.1, 0.15) is 10.4 Å². The Morgan fingerprint density at radius 3 is 2.72 bits per heavy atom. The quantitative estimate of drug-likeness (QED) is 0.343. The molecule has 1 fully saturated rings. The summed E-state index contributed by atoms with van der Waals surface area (Å²) in [6.07, 6.45) is 2.19. The number of carbonyl (C=O) groups is 1. The van der Waals surface area contributed by atoms with Gasteiger partial charge >= 0.3 is 0 Å². The van der Waals surface area contributed by atoms with Gasteiger partial charge in [0.2, 0.25) is 10.0 Å². The minimum Gasteiger partial charge on any atom is -0.479 e. The molecule has 1 atom stereocenters. The van der Waals surface area contributed by atoms with Crippen molar-refractivity contribution < 1.29 is 17.9 Å². The summed E-state index contributed by atoms with van der Waals surface area (Å²) in [5.74, 6) is 0.692. The van der Waals surface area contributed by atoms with Gasteiger partial charge in [0.15, 0.2) is 6.10 Å². The first-order chi connectivity index (χ1) is 18.9. The normalized spacial score (nSPS) is 17.3. The van der Waals surface area contributed by atoms with Crippen LogP contribution in [0.4, 0.5) is 0 Å². The third-order valence-electron chi connectivity index (χ3n) is 6.97. The Balaban J connectivity index is 1.24. The Kier molecular flexibility index (Phi) is 7.30. The molecular formula is C28H27ClN4O4S2. The Bertz CT molecular complexity index is 1640. The number of benzene rings is 2. The molecule has 1 amide bonds. The number of hydrogen-bond acceptors (Lipinski definition) is 7. The number of rotatable bonds is 7. The van der Waals surface area contributed by atoms with E-state index < -0.39 is 16.1 Å². The Hall–Kier alpha value is -3.02. The number of thiophene rings is 1. The number of pyridine rings is 1. The lowest BCUT2D eigenvalue weighted by molar-refractivity contribution is -0.138. The average molecular weight is 583 g/mol. The number of sulfonamides is 1. The lowest BCUT2D eigenvalue weighted by atomic mass is 10.0. The number of carbonyl (C=O) groups excluding carboxylic acids is 1. The van der Waals surface area contributed by atoms with Gasteiger partial charge in [-0.1, -0.05) is 29.8 Å². The predicted molar refractivity (Wildman–Crippen MR) is 153 cm³/mol. The largest absolute Gasteiger partial charge is 0.479 e. The standard InChI is InChI=1S/C28H27ClN4O4S2/c29-19-14-18-15-25(28(34)33-12-10-30-11-13-33)37-26(18)23(16-19)22-7-8-31-24-17-20(38-27(22)24)6-9-32-39(35,36)21-4-2-1-3-5-21/h1-5,7-8,14,16-17,25,30,32H,6,9-13,15H2. The topological polar surface area (TPSA) is 101 Å². The van der Waals surface area contributed by atoms with Crippen molar-refractivity contribution in [3.8, 4) is 16.9 Å². The van der Waals surface area contributed by atoms with Crippen LogP contribution in [-0.4, -0.2) is 63.0 Å². The lowest BCUT2D eigenvalue weighted by Gasteiger charge is -2.29. The van der Waals surface area contributed by atoms with Gasteiger partial charge in [0.05, 0.1) is 15.1 Å². The molecule has 2 aromatic heterocycles. The van der Waals surface area contributed by atoms with Crippen molar-refractivity contribution in [3.05, 3.63) is 76.3 Å². The van der Waals surface area contributed by atoms with E-state index in [9.17, 15) is 13.2 Å². The molecule has 0 radical (unpaired) electrons. The maximum Gasteiger partial charge on any atom is 0.264 e. The summed E-state index contributed by atoms with van der Waals surface area (Å²) in [7, 11) is -3.57. The van der Waals surface area contributed by atoms with Crippen molar-refractivity contribution in [3.63, 3.8) is 0 Å². The van der Waals surface area contributed by atoms with E-state index in [1.54, 1.807) is 47.9 Å². The van der Waals surface area contributed by atoms with Crippen LogP contribution in [0.3, 0.4) is 0 Å². The third-order valence-corrected chi connectivity index (χ3v) is 9.88. The number of hydrogen-bond donors (Lipinski definition) is 2. The monoisotopic (exact) mass is 582 g/mol. The minimum absolute atomic E-state index is 0.00557. The second-order valence-electron chi connectivity index (χ2n) is 9.57. The van der Waals surface area contributed by atoms with Crippen LogP contribution in [-0.2, 0) is 27.7 Å². The summed E-state index contributed by atoms with van der Waals surface area (Å²) in [5, 5.41) is 3.85. The van der Waals surface area contributed by atoms with Crippen molar-refractivity contribution in [2.24, 2.45) is 0 Å². The van der Waals surface area contributed by atoms with Crippen LogP contribution < -0.4 is 14.8 Å². The fraction of sp³-hybridized carbons (Fsp3) is 0.286. The third kappa shape index (κ3) is 5.39. The molecule has 1 unspecified atom stereocenters. The highest BCUT2D eigenvalue weighted by molar-refractivity contribution is 7.89. The van der Waals surface area contributed by atoms with Gasteiger partial charge in [0.1, 0.15) is 5.75 Å². The number of nitrogens with zero attached hydrogens (tertiary/aromatic N) is 2. The predicted octanol–water partition coefficient (Wildman–Crippen LogP) is 3.87. The number of amides is 1. The van der Waals surface area contributed by atoms with E-state index in [-0.39, 0.29) is 17.3 Å². The number of nitrogens with one attached hydrogen (secondary N) is 2. The van der Waals surface area contributed by atoms with Crippen LogP contribution >= 0.6 is 22.9 Å². The summed E-state index contributed by atoms with van der Waals surface area (Å²) >= 11 is 8.10.